The Kier molecular flexibility index (Phi) is 6.45. The summed E-state index contributed by atoms with van der Waals surface area (Å²) in [7, 11) is -3.40. The predicted octanol–water partition coefficient (Wildman–Crippen LogP) is 1.58. The van der Waals surface area contributed by atoms with Gasteiger partial charge in [0.2, 0.25) is 10.0 Å². The first kappa shape index (κ1) is 16.9. The lowest BCUT2D eigenvalue weighted by molar-refractivity contribution is 0.288. The number of benzene rings is 1. The van der Waals surface area contributed by atoms with E-state index in [4.69, 9.17) is 5.11 Å². The lowest BCUT2D eigenvalue weighted by Gasteiger charge is -2.29. The monoisotopic (exact) mass is 300 g/mol. The summed E-state index contributed by atoms with van der Waals surface area (Å²) < 4.78 is 26.2. The number of anilines is 1. The largest absolute Gasteiger partial charge is 0.396 e. The van der Waals surface area contributed by atoms with Crippen molar-refractivity contribution in [3.8, 4) is 0 Å². The van der Waals surface area contributed by atoms with Crippen molar-refractivity contribution in [2.24, 2.45) is 0 Å². The van der Waals surface area contributed by atoms with Gasteiger partial charge in [-0.05, 0) is 44.5 Å². The summed E-state index contributed by atoms with van der Waals surface area (Å²) in [6.45, 7) is 7.16. The molecule has 0 amide bonds. The van der Waals surface area contributed by atoms with E-state index in [-0.39, 0.29) is 17.5 Å². The third-order valence-corrected chi connectivity index (χ3v) is 4.55. The van der Waals surface area contributed by atoms with Crippen LogP contribution in [0.4, 0.5) is 5.69 Å². The van der Waals surface area contributed by atoms with Gasteiger partial charge in [0.1, 0.15) is 0 Å². The molecule has 6 heteroatoms. The molecule has 1 rings (SSSR count). The van der Waals surface area contributed by atoms with Crippen LogP contribution in [0.25, 0.3) is 0 Å². The number of aliphatic hydroxyl groups excluding tert-OH is 1. The Morgan fingerprint density at radius 1 is 1.25 bits per heavy atom. The van der Waals surface area contributed by atoms with Crippen molar-refractivity contribution >= 4 is 15.7 Å². The topological polar surface area (TPSA) is 69.6 Å². The highest BCUT2D eigenvalue weighted by atomic mass is 32.2. The van der Waals surface area contributed by atoms with E-state index in [0.29, 0.717) is 13.0 Å². The third-order valence-electron chi connectivity index (χ3n) is 2.99. The van der Waals surface area contributed by atoms with Gasteiger partial charge in [0.15, 0.2) is 0 Å². The fourth-order valence-corrected chi connectivity index (χ4v) is 3.06. The molecule has 0 heterocycles. The first-order valence-electron chi connectivity index (χ1n) is 6.89. The second-order valence-corrected chi connectivity index (χ2v) is 6.63. The average Bonchev–Trinajstić information content (AvgIpc) is 2.39. The summed E-state index contributed by atoms with van der Waals surface area (Å²) in [5.74, 6) is 0. The first-order valence-corrected chi connectivity index (χ1v) is 8.38. The minimum atomic E-state index is -3.40. The zero-order chi connectivity index (χ0) is 15.2. The molecule has 1 aromatic carbocycles. The molecular weight excluding hydrogens is 276 g/mol. The van der Waals surface area contributed by atoms with Crippen molar-refractivity contribution in [3.63, 3.8) is 0 Å². The Morgan fingerprint density at radius 2 is 1.85 bits per heavy atom. The highest BCUT2D eigenvalue weighted by molar-refractivity contribution is 7.89. The molecule has 0 fully saturated rings. The van der Waals surface area contributed by atoms with E-state index in [9.17, 15) is 8.42 Å². The van der Waals surface area contributed by atoms with Crippen LogP contribution in [0.3, 0.4) is 0 Å². The summed E-state index contributed by atoms with van der Waals surface area (Å²) >= 11 is 0. The molecule has 0 atom stereocenters. The maximum absolute atomic E-state index is 11.9. The van der Waals surface area contributed by atoms with Gasteiger partial charge in [0.05, 0.1) is 4.90 Å². The van der Waals surface area contributed by atoms with E-state index in [2.05, 4.69) is 23.5 Å². The molecule has 0 bridgehead atoms. The normalized spacial score (nSPS) is 11.8. The smallest absolute Gasteiger partial charge is 0.240 e. The van der Waals surface area contributed by atoms with E-state index in [0.717, 1.165) is 12.2 Å². The number of sulfonamides is 1. The quantitative estimate of drug-likeness (QED) is 0.765. The van der Waals surface area contributed by atoms with Crippen LogP contribution in [0, 0.1) is 0 Å². The van der Waals surface area contributed by atoms with Crippen molar-refractivity contribution < 1.29 is 13.5 Å². The van der Waals surface area contributed by atoms with Crippen LogP contribution in [0.1, 0.15) is 27.2 Å². The molecule has 0 aliphatic rings. The molecule has 0 spiro atoms. The van der Waals surface area contributed by atoms with Gasteiger partial charge in [-0.2, -0.15) is 0 Å². The number of nitrogens with zero attached hydrogens (tertiary/aromatic N) is 1. The van der Waals surface area contributed by atoms with E-state index >= 15 is 0 Å². The lowest BCUT2D eigenvalue weighted by Crippen LogP contribution is -2.32. The van der Waals surface area contributed by atoms with E-state index in [1.165, 1.54) is 0 Å². The fourth-order valence-electron chi connectivity index (χ4n) is 2.02. The van der Waals surface area contributed by atoms with Crippen molar-refractivity contribution in [2.75, 3.05) is 24.6 Å². The van der Waals surface area contributed by atoms with E-state index in [1.807, 2.05) is 12.1 Å². The molecule has 0 saturated heterocycles. The van der Waals surface area contributed by atoms with Gasteiger partial charge in [0.25, 0.3) is 0 Å². The standard InChI is InChI=1S/C14H24N2O3S/c1-4-15-20(18,19)14-8-6-13(7-9-14)16(12(2)3)10-5-11-17/h6-9,12,15,17H,4-5,10-11H2,1-3H3. The summed E-state index contributed by atoms with van der Waals surface area (Å²) in [5, 5.41) is 8.94. The molecule has 0 aromatic heterocycles. The molecular formula is C14H24N2O3S. The molecule has 1 aromatic rings. The van der Waals surface area contributed by atoms with Crippen LogP contribution in [-0.2, 0) is 10.0 Å². The van der Waals surface area contributed by atoms with Gasteiger partial charge in [-0.25, -0.2) is 13.1 Å². The summed E-state index contributed by atoms with van der Waals surface area (Å²) in [6.07, 6.45) is 0.690. The highest BCUT2D eigenvalue weighted by Gasteiger charge is 2.14. The number of hydrogen-bond acceptors (Lipinski definition) is 4. The maximum Gasteiger partial charge on any atom is 0.240 e. The molecule has 0 aliphatic carbocycles. The van der Waals surface area contributed by atoms with Crippen molar-refractivity contribution in [3.05, 3.63) is 24.3 Å². The Bertz CT molecular complexity index is 498. The average molecular weight is 300 g/mol. The van der Waals surface area contributed by atoms with E-state index in [1.54, 1.807) is 19.1 Å². The Morgan fingerprint density at radius 3 is 2.30 bits per heavy atom. The van der Waals surface area contributed by atoms with Crippen molar-refractivity contribution in [2.45, 2.75) is 38.1 Å². The lowest BCUT2D eigenvalue weighted by atomic mass is 10.2. The van der Waals surface area contributed by atoms with E-state index < -0.39 is 10.0 Å². The molecule has 5 nitrogen and oxygen atoms in total. The number of nitrogens with one attached hydrogen (secondary N) is 1. The maximum atomic E-state index is 11.9. The number of rotatable bonds is 8. The zero-order valence-corrected chi connectivity index (χ0v) is 13.2. The minimum Gasteiger partial charge on any atom is -0.396 e. The summed E-state index contributed by atoms with van der Waals surface area (Å²) in [4.78, 5) is 2.41. The number of hydrogen-bond donors (Lipinski definition) is 2. The van der Waals surface area contributed by atoms with Crippen LogP contribution in [-0.4, -0.2) is 39.3 Å². The third kappa shape index (κ3) is 4.47. The molecule has 0 unspecified atom stereocenters. The second kappa shape index (κ2) is 7.61. The summed E-state index contributed by atoms with van der Waals surface area (Å²) in [6, 6.07) is 7.13. The molecule has 114 valence electrons. The summed E-state index contributed by atoms with van der Waals surface area (Å²) in [5.41, 5.74) is 0.962. The van der Waals surface area contributed by atoms with Crippen molar-refractivity contribution in [1.82, 2.24) is 4.72 Å². The highest BCUT2D eigenvalue weighted by Crippen LogP contribution is 2.20. The SMILES string of the molecule is CCNS(=O)(=O)c1ccc(N(CCCO)C(C)C)cc1. The van der Waals surface area contributed by atoms with Gasteiger partial charge in [-0.3, -0.25) is 0 Å². The van der Waals surface area contributed by atoms with Gasteiger partial charge in [-0.1, -0.05) is 6.92 Å². The first-order chi connectivity index (χ1) is 9.42. The van der Waals surface area contributed by atoms with Crippen LogP contribution >= 0.6 is 0 Å². The molecule has 2 N–H and O–H groups in total. The van der Waals surface area contributed by atoms with Gasteiger partial charge in [-0.15, -0.1) is 0 Å². The Labute approximate surface area is 121 Å². The molecule has 0 radical (unpaired) electrons. The van der Waals surface area contributed by atoms with Crippen LogP contribution in [0.2, 0.25) is 0 Å². The van der Waals surface area contributed by atoms with Crippen LogP contribution in [0.5, 0.6) is 0 Å². The molecule has 20 heavy (non-hydrogen) atoms. The van der Waals surface area contributed by atoms with Gasteiger partial charge >= 0.3 is 0 Å². The van der Waals surface area contributed by atoms with Crippen molar-refractivity contribution in [1.29, 1.82) is 0 Å². The Balaban J connectivity index is 2.94. The second-order valence-electron chi connectivity index (χ2n) is 4.86. The van der Waals surface area contributed by atoms with Gasteiger partial charge < -0.3 is 10.0 Å². The molecule has 0 aliphatic heterocycles. The van der Waals surface area contributed by atoms with Gasteiger partial charge in [0, 0.05) is 31.4 Å². The van der Waals surface area contributed by atoms with Crippen LogP contribution < -0.4 is 9.62 Å². The minimum absolute atomic E-state index is 0.149. The zero-order valence-electron chi connectivity index (χ0n) is 12.3. The Hall–Kier alpha value is -1.11. The molecule has 0 saturated carbocycles. The van der Waals surface area contributed by atoms with Crippen LogP contribution in [0.15, 0.2) is 29.2 Å². The number of aliphatic hydroxyl groups is 1. The fraction of sp³-hybridized carbons (Fsp3) is 0.571. The predicted molar refractivity (Wildman–Crippen MR) is 81.5 cm³/mol.